The van der Waals surface area contributed by atoms with Gasteiger partial charge in [0.1, 0.15) is 0 Å². The summed E-state index contributed by atoms with van der Waals surface area (Å²) in [5.74, 6) is 0. The lowest BCUT2D eigenvalue weighted by Crippen LogP contribution is -2.29. The van der Waals surface area contributed by atoms with E-state index in [0.717, 1.165) is 44.3 Å². The lowest BCUT2D eigenvalue weighted by molar-refractivity contribution is -0.385. The molecule has 0 aliphatic carbocycles. The summed E-state index contributed by atoms with van der Waals surface area (Å²) in [4.78, 5) is 12.8. The van der Waals surface area contributed by atoms with Crippen LogP contribution in [0.5, 0.6) is 0 Å². The first kappa shape index (κ1) is 17.6. The molecule has 5 nitrogen and oxygen atoms in total. The molecule has 5 heteroatoms. The molecule has 1 unspecified atom stereocenters. The zero-order chi connectivity index (χ0) is 17.6. The van der Waals surface area contributed by atoms with Crippen molar-refractivity contribution < 1.29 is 10.0 Å². The second kappa shape index (κ2) is 8.23. The maximum Gasteiger partial charge on any atom is 0.269 e. The molecule has 1 aliphatic heterocycles. The molecule has 0 radical (unpaired) electrons. The van der Waals surface area contributed by atoms with Crippen molar-refractivity contribution in [1.29, 1.82) is 0 Å². The highest BCUT2D eigenvalue weighted by atomic mass is 16.6. The summed E-state index contributed by atoms with van der Waals surface area (Å²) in [6.45, 7) is 2.37. The number of nitro groups is 1. The fraction of sp³-hybridized carbons (Fsp3) is 0.400. The molecule has 0 bridgehead atoms. The van der Waals surface area contributed by atoms with Crippen LogP contribution in [0.25, 0.3) is 0 Å². The summed E-state index contributed by atoms with van der Waals surface area (Å²) in [6.07, 6.45) is 3.44. The average molecular weight is 340 g/mol. The molecule has 3 rings (SSSR count). The third kappa shape index (κ3) is 4.65. The van der Waals surface area contributed by atoms with Gasteiger partial charge in [-0.15, -0.1) is 0 Å². The topological polar surface area (TPSA) is 66.6 Å². The molecule has 25 heavy (non-hydrogen) atoms. The summed E-state index contributed by atoms with van der Waals surface area (Å²) < 4.78 is 0. The van der Waals surface area contributed by atoms with E-state index in [4.69, 9.17) is 0 Å². The first-order valence-electron chi connectivity index (χ1n) is 8.85. The van der Waals surface area contributed by atoms with E-state index in [1.165, 1.54) is 17.7 Å². The maximum atomic E-state index is 10.9. The molecule has 0 spiro atoms. The fourth-order valence-corrected chi connectivity index (χ4v) is 3.46. The number of nitro benzene ring substituents is 1. The van der Waals surface area contributed by atoms with Crippen LogP contribution in [0.4, 0.5) is 5.69 Å². The van der Waals surface area contributed by atoms with Crippen molar-refractivity contribution >= 4 is 5.69 Å². The normalized spacial score (nSPS) is 17.7. The van der Waals surface area contributed by atoms with E-state index in [9.17, 15) is 15.2 Å². The molecule has 1 aliphatic rings. The van der Waals surface area contributed by atoms with Gasteiger partial charge in [-0.1, -0.05) is 36.4 Å². The number of fused-ring (bicyclic) bond motifs is 1. The standard InChI is InChI=1S/C20H24N2O3/c23-20-15-21(12-5-4-8-16-6-2-1-3-7-16)13-11-17-9-10-18(22(24)25)14-19(17)20/h1-3,6-7,9-10,14,20,23H,4-5,8,11-13,15H2. The summed E-state index contributed by atoms with van der Waals surface area (Å²) in [5, 5.41) is 21.4. The number of aliphatic hydroxyl groups excluding tert-OH is 1. The molecule has 1 heterocycles. The van der Waals surface area contributed by atoms with Gasteiger partial charge in [0, 0.05) is 25.2 Å². The lowest BCUT2D eigenvalue weighted by Gasteiger charge is -2.21. The number of aryl methyl sites for hydroxylation is 1. The van der Waals surface area contributed by atoms with E-state index in [-0.39, 0.29) is 5.69 Å². The van der Waals surface area contributed by atoms with Crippen molar-refractivity contribution in [3.05, 3.63) is 75.3 Å². The van der Waals surface area contributed by atoms with Gasteiger partial charge >= 0.3 is 0 Å². The van der Waals surface area contributed by atoms with Crippen LogP contribution in [0.3, 0.4) is 0 Å². The largest absolute Gasteiger partial charge is 0.387 e. The van der Waals surface area contributed by atoms with Crippen LogP contribution in [0, 0.1) is 10.1 Å². The quantitative estimate of drug-likeness (QED) is 0.496. The predicted molar refractivity (Wildman–Crippen MR) is 97.6 cm³/mol. The Morgan fingerprint density at radius 2 is 1.96 bits per heavy atom. The van der Waals surface area contributed by atoms with E-state index in [2.05, 4.69) is 29.2 Å². The Labute approximate surface area is 148 Å². The van der Waals surface area contributed by atoms with Gasteiger partial charge in [-0.2, -0.15) is 0 Å². The van der Waals surface area contributed by atoms with E-state index >= 15 is 0 Å². The van der Waals surface area contributed by atoms with Gasteiger partial charge < -0.3 is 10.0 Å². The number of nitrogens with zero attached hydrogens (tertiary/aromatic N) is 2. The molecule has 2 aromatic carbocycles. The monoisotopic (exact) mass is 340 g/mol. The SMILES string of the molecule is O=[N+]([O-])c1ccc2c(c1)C(O)CN(CCCCc1ccccc1)CC2. The Kier molecular flexibility index (Phi) is 5.79. The van der Waals surface area contributed by atoms with Crippen LogP contribution in [-0.4, -0.2) is 34.6 Å². The highest BCUT2D eigenvalue weighted by molar-refractivity contribution is 5.41. The molecule has 0 amide bonds. The van der Waals surface area contributed by atoms with Gasteiger partial charge in [0.15, 0.2) is 0 Å². The molecule has 0 saturated heterocycles. The van der Waals surface area contributed by atoms with Crippen LogP contribution >= 0.6 is 0 Å². The number of hydrogen-bond donors (Lipinski definition) is 1. The Hall–Kier alpha value is -2.24. The number of non-ortho nitro benzene ring substituents is 1. The van der Waals surface area contributed by atoms with Crippen LogP contribution in [-0.2, 0) is 12.8 Å². The van der Waals surface area contributed by atoms with Crippen molar-refractivity contribution in [2.75, 3.05) is 19.6 Å². The van der Waals surface area contributed by atoms with Gasteiger partial charge in [-0.05, 0) is 48.9 Å². The third-order valence-corrected chi connectivity index (χ3v) is 4.86. The zero-order valence-electron chi connectivity index (χ0n) is 14.3. The Bertz CT molecular complexity index is 718. The highest BCUT2D eigenvalue weighted by Crippen LogP contribution is 2.27. The number of rotatable bonds is 6. The van der Waals surface area contributed by atoms with E-state index < -0.39 is 11.0 Å². The number of hydrogen-bond acceptors (Lipinski definition) is 4. The minimum atomic E-state index is -0.661. The molecule has 0 aromatic heterocycles. The summed E-state index contributed by atoms with van der Waals surface area (Å²) in [7, 11) is 0. The Morgan fingerprint density at radius 3 is 2.72 bits per heavy atom. The van der Waals surface area contributed by atoms with E-state index in [1.807, 2.05) is 6.07 Å². The Balaban J connectivity index is 1.53. The van der Waals surface area contributed by atoms with Crippen molar-refractivity contribution in [3.8, 4) is 0 Å². The van der Waals surface area contributed by atoms with Gasteiger partial charge in [0.25, 0.3) is 5.69 Å². The highest BCUT2D eigenvalue weighted by Gasteiger charge is 2.23. The lowest BCUT2D eigenvalue weighted by atomic mass is 10.0. The number of β-amino-alcohol motifs (C(OH)–C–C–N with tert-alkyl or cyclic N) is 1. The predicted octanol–water partition coefficient (Wildman–Crippen LogP) is 3.51. The molecule has 2 aromatic rings. The summed E-state index contributed by atoms with van der Waals surface area (Å²) in [5.41, 5.74) is 3.14. The number of benzene rings is 2. The van der Waals surface area contributed by atoms with Crippen LogP contribution in [0.1, 0.15) is 35.6 Å². The maximum absolute atomic E-state index is 10.9. The zero-order valence-corrected chi connectivity index (χ0v) is 14.3. The van der Waals surface area contributed by atoms with Crippen molar-refractivity contribution in [2.24, 2.45) is 0 Å². The van der Waals surface area contributed by atoms with E-state index in [0.29, 0.717) is 12.1 Å². The third-order valence-electron chi connectivity index (χ3n) is 4.86. The molecule has 1 N–H and O–H groups in total. The van der Waals surface area contributed by atoms with E-state index in [1.54, 1.807) is 6.07 Å². The van der Waals surface area contributed by atoms with Gasteiger partial charge in [-0.25, -0.2) is 0 Å². The molecular weight excluding hydrogens is 316 g/mol. The van der Waals surface area contributed by atoms with Crippen molar-refractivity contribution in [1.82, 2.24) is 4.90 Å². The molecule has 132 valence electrons. The minimum Gasteiger partial charge on any atom is -0.387 e. The minimum absolute atomic E-state index is 0.0501. The van der Waals surface area contributed by atoms with Gasteiger partial charge in [0.2, 0.25) is 0 Å². The molecular formula is C20H24N2O3. The van der Waals surface area contributed by atoms with Crippen LogP contribution in [0.15, 0.2) is 48.5 Å². The first-order chi connectivity index (χ1) is 12.1. The first-order valence-corrected chi connectivity index (χ1v) is 8.85. The van der Waals surface area contributed by atoms with Crippen LogP contribution < -0.4 is 0 Å². The molecule has 1 atom stereocenters. The summed E-state index contributed by atoms with van der Waals surface area (Å²) in [6, 6.07) is 15.3. The average Bonchev–Trinajstić information content (AvgIpc) is 2.78. The second-order valence-corrected chi connectivity index (χ2v) is 6.65. The van der Waals surface area contributed by atoms with Crippen LogP contribution in [0.2, 0.25) is 0 Å². The fourth-order valence-electron chi connectivity index (χ4n) is 3.46. The smallest absolute Gasteiger partial charge is 0.269 e. The molecule has 0 fully saturated rings. The van der Waals surface area contributed by atoms with Crippen molar-refractivity contribution in [2.45, 2.75) is 31.8 Å². The summed E-state index contributed by atoms with van der Waals surface area (Å²) >= 11 is 0. The second-order valence-electron chi connectivity index (χ2n) is 6.65. The Morgan fingerprint density at radius 1 is 1.16 bits per heavy atom. The van der Waals surface area contributed by atoms with Gasteiger partial charge in [0.05, 0.1) is 11.0 Å². The molecule has 0 saturated carbocycles. The number of unbranched alkanes of at least 4 members (excludes halogenated alkanes) is 1. The number of aliphatic hydroxyl groups is 1. The van der Waals surface area contributed by atoms with Gasteiger partial charge in [-0.3, -0.25) is 10.1 Å². The van der Waals surface area contributed by atoms with Crippen molar-refractivity contribution in [3.63, 3.8) is 0 Å².